The summed E-state index contributed by atoms with van der Waals surface area (Å²) in [6.45, 7) is 3.53. The predicted molar refractivity (Wildman–Crippen MR) is 79.4 cm³/mol. The molecule has 0 amide bonds. The van der Waals surface area contributed by atoms with Crippen molar-refractivity contribution >= 4 is 11.4 Å². The Kier molecular flexibility index (Phi) is 4.61. The molecule has 2 N–H and O–H groups in total. The van der Waals surface area contributed by atoms with Gasteiger partial charge in [0.15, 0.2) is 0 Å². The molecule has 0 spiro atoms. The van der Waals surface area contributed by atoms with E-state index in [2.05, 4.69) is 6.92 Å². The average Bonchev–Trinajstić information content (AvgIpc) is 2.71. The van der Waals surface area contributed by atoms with Crippen molar-refractivity contribution in [1.82, 2.24) is 4.90 Å². The summed E-state index contributed by atoms with van der Waals surface area (Å²) in [5.41, 5.74) is 1.62. The molecule has 3 heteroatoms. The fraction of sp³-hybridized carbons (Fsp3) is 0.438. The average molecular weight is 258 g/mol. The molecule has 1 aromatic rings. The van der Waals surface area contributed by atoms with Gasteiger partial charge in [0.2, 0.25) is 0 Å². The SMILES string of the molecule is CCCCCCN1CC(O)=C(c2ccccc2)C1=N. The molecule has 1 aliphatic heterocycles. The number of nitrogens with one attached hydrogen (secondary N) is 1. The van der Waals surface area contributed by atoms with Crippen molar-refractivity contribution in [3.05, 3.63) is 41.7 Å². The van der Waals surface area contributed by atoms with Crippen LogP contribution in [0.1, 0.15) is 38.2 Å². The number of benzene rings is 1. The number of amidine groups is 1. The molecular formula is C16H22N2O. The number of aliphatic hydroxyl groups is 1. The van der Waals surface area contributed by atoms with E-state index in [0.717, 1.165) is 18.5 Å². The Morgan fingerprint density at radius 3 is 2.58 bits per heavy atom. The first-order chi connectivity index (χ1) is 9.24. The highest BCUT2D eigenvalue weighted by molar-refractivity contribution is 6.23. The largest absolute Gasteiger partial charge is 0.510 e. The molecule has 3 nitrogen and oxygen atoms in total. The van der Waals surface area contributed by atoms with Crippen molar-refractivity contribution in [3.8, 4) is 0 Å². The van der Waals surface area contributed by atoms with Gasteiger partial charge < -0.3 is 10.0 Å². The van der Waals surface area contributed by atoms with Gasteiger partial charge in [0, 0.05) is 6.54 Å². The van der Waals surface area contributed by atoms with Gasteiger partial charge in [-0.3, -0.25) is 5.41 Å². The fourth-order valence-corrected chi connectivity index (χ4v) is 2.46. The number of aliphatic hydroxyl groups excluding tert-OH is 1. The molecule has 0 unspecified atom stereocenters. The molecule has 0 aliphatic carbocycles. The van der Waals surface area contributed by atoms with Crippen molar-refractivity contribution in [2.24, 2.45) is 0 Å². The van der Waals surface area contributed by atoms with Crippen molar-refractivity contribution in [1.29, 1.82) is 5.41 Å². The summed E-state index contributed by atoms with van der Waals surface area (Å²) in [6.07, 6.45) is 4.75. The van der Waals surface area contributed by atoms with Crippen LogP contribution in [0.4, 0.5) is 0 Å². The molecule has 1 aromatic carbocycles. The Hall–Kier alpha value is -1.77. The number of hydrogen-bond donors (Lipinski definition) is 2. The molecule has 0 saturated heterocycles. The second kappa shape index (κ2) is 6.41. The van der Waals surface area contributed by atoms with Crippen LogP contribution in [0.5, 0.6) is 0 Å². The van der Waals surface area contributed by atoms with Crippen molar-refractivity contribution in [2.45, 2.75) is 32.6 Å². The topological polar surface area (TPSA) is 47.3 Å². The summed E-state index contributed by atoms with van der Waals surface area (Å²) in [5.74, 6) is 0.784. The number of hydrogen-bond acceptors (Lipinski definition) is 2. The lowest BCUT2D eigenvalue weighted by atomic mass is 10.1. The van der Waals surface area contributed by atoms with Gasteiger partial charge in [-0.2, -0.15) is 0 Å². The van der Waals surface area contributed by atoms with Crippen LogP contribution in [0.3, 0.4) is 0 Å². The van der Waals surface area contributed by atoms with E-state index in [0.29, 0.717) is 23.7 Å². The van der Waals surface area contributed by atoms with Gasteiger partial charge >= 0.3 is 0 Å². The minimum Gasteiger partial charge on any atom is -0.510 e. The third-order valence-electron chi connectivity index (χ3n) is 3.53. The maximum absolute atomic E-state index is 10.1. The van der Waals surface area contributed by atoms with E-state index < -0.39 is 0 Å². The van der Waals surface area contributed by atoms with E-state index in [1.165, 1.54) is 19.3 Å². The van der Waals surface area contributed by atoms with E-state index in [9.17, 15) is 5.11 Å². The Labute approximate surface area is 115 Å². The highest BCUT2D eigenvalue weighted by atomic mass is 16.3. The summed E-state index contributed by atoms with van der Waals surface area (Å²) in [4.78, 5) is 1.97. The number of nitrogens with zero attached hydrogens (tertiary/aromatic N) is 1. The minimum atomic E-state index is 0.326. The van der Waals surface area contributed by atoms with Crippen LogP contribution in [0.15, 0.2) is 36.1 Å². The quantitative estimate of drug-likeness (QED) is 0.762. The lowest BCUT2D eigenvalue weighted by Gasteiger charge is -2.18. The zero-order valence-electron chi connectivity index (χ0n) is 11.5. The molecular weight excluding hydrogens is 236 g/mol. The van der Waals surface area contributed by atoms with E-state index >= 15 is 0 Å². The van der Waals surface area contributed by atoms with Gasteiger partial charge in [-0.1, -0.05) is 56.5 Å². The number of rotatable bonds is 6. The van der Waals surface area contributed by atoms with Crippen molar-refractivity contribution in [2.75, 3.05) is 13.1 Å². The molecule has 102 valence electrons. The molecule has 0 radical (unpaired) electrons. The summed E-state index contributed by atoms with van der Waals surface area (Å²) in [6, 6.07) is 9.71. The third-order valence-corrected chi connectivity index (χ3v) is 3.53. The van der Waals surface area contributed by atoms with Gasteiger partial charge in [-0.15, -0.1) is 0 Å². The van der Waals surface area contributed by atoms with Crippen LogP contribution < -0.4 is 0 Å². The molecule has 2 rings (SSSR count). The second-order valence-corrected chi connectivity index (χ2v) is 5.02. The molecule has 1 aliphatic rings. The maximum atomic E-state index is 10.1. The summed E-state index contributed by atoms with van der Waals surface area (Å²) in [7, 11) is 0. The molecule has 0 atom stereocenters. The van der Waals surface area contributed by atoms with E-state index in [4.69, 9.17) is 5.41 Å². The van der Waals surface area contributed by atoms with Crippen LogP contribution in [-0.4, -0.2) is 28.9 Å². The van der Waals surface area contributed by atoms with E-state index in [1.807, 2.05) is 35.2 Å². The minimum absolute atomic E-state index is 0.326. The maximum Gasteiger partial charge on any atom is 0.132 e. The van der Waals surface area contributed by atoms with Crippen LogP contribution in [0.2, 0.25) is 0 Å². The van der Waals surface area contributed by atoms with E-state index in [-0.39, 0.29) is 0 Å². The van der Waals surface area contributed by atoms with Crippen LogP contribution in [0.25, 0.3) is 5.57 Å². The van der Waals surface area contributed by atoms with Gasteiger partial charge in [0.25, 0.3) is 0 Å². The molecule has 0 fully saturated rings. The third kappa shape index (κ3) is 3.16. The first kappa shape index (κ1) is 13.7. The summed E-state index contributed by atoms with van der Waals surface area (Å²) < 4.78 is 0. The Bertz CT molecular complexity index is 465. The monoisotopic (exact) mass is 258 g/mol. The molecule has 0 aromatic heterocycles. The summed E-state index contributed by atoms with van der Waals surface area (Å²) >= 11 is 0. The van der Waals surface area contributed by atoms with Crippen molar-refractivity contribution in [3.63, 3.8) is 0 Å². The first-order valence-corrected chi connectivity index (χ1v) is 7.05. The highest BCUT2D eigenvalue weighted by Crippen LogP contribution is 2.27. The number of unbranched alkanes of at least 4 members (excludes halogenated alkanes) is 3. The summed E-state index contributed by atoms with van der Waals surface area (Å²) in [5, 5.41) is 18.3. The lowest BCUT2D eigenvalue weighted by Crippen LogP contribution is -2.27. The van der Waals surface area contributed by atoms with Crippen LogP contribution >= 0.6 is 0 Å². The standard InChI is InChI=1S/C16H22N2O/c1-2-3-4-8-11-18-12-14(19)15(16(18)17)13-9-6-5-7-10-13/h5-7,9-10,17,19H,2-4,8,11-12H2,1H3. The molecule has 19 heavy (non-hydrogen) atoms. The van der Waals surface area contributed by atoms with Gasteiger partial charge in [-0.25, -0.2) is 0 Å². The van der Waals surface area contributed by atoms with Gasteiger partial charge in [0.05, 0.1) is 12.1 Å². The van der Waals surface area contributed by atoms with Crippen molar-refractivity contribution < 1.29 is 5.11 Å². The van der Waals surface area contributed by atoms with Crippen LogP contribution in [0, 0.1) is 5.41 Å². The molecule has 1 heterocycles. The zero-order valence-corrected chi connectivity index (χ0v) is 11.5. The highest BCUT2D eigenvalue weighted by Gasteiger charge is 2.27. The normalized spacial score (nSPS) is 15.4. The Morgan fingerprint density at radius 2 is 1.89 bits per heavy atom. The Balaban J connectivity index is 1.99. The van der Waals surface area contributed by atoms with Gasteiger partial charge in [-0.05, 0) is 12.0 Å². The van der Waals surface area contributed by atoms with E-state index in [1.54, 1.807) is 0 Å². The zero-order chi connectivity index (χ0) is 13.7. The molecule has 0 saturated carbocycles. The predicted octanol–water partition coefficient (Wildman–Crippen LogP) is 3.83. The van der Waals surface area contributed by atoms with Crippen LogP contribution in [-0.2, 0) is 0 Å². The van der Waals surface area contributed by atoms with Gasteiger partial charge in [0.1, 0.15) is 11.6 Å². The lowest BCUT2D eigenvalue weighted by molar-refractivity contribution is 0.345. The first-order valence-electron chi connectivity index (χ1n) is 7.05. The smallest absolute Gasteiger partial charge is 0.132 e. The second-order valence-electron chi connectivity index (χ2n) is 5.02. The Morgan fingerprint density at radius 1 is 1.16 bits per heavy atom. The fourth-order valence-electron chi connectivity index (χ4n) is 2.46. The molecule has 0 bridgehead atoms.